The van der Waals surface area contributed by atoms with Crippen molar-refractivity contribution in [2.45, 2.75) is 19.4 Å². The Bertz CT molecular complexity index is 400. The summed E-state index contributed by atoms with van der Waals surface area (Å²) in [5.74, 6) is 0.554. The van der Waals surface area contributed by atoms with Crippen molar-refractivity contribution in [3.63, 3.8) is 0 Å². The van der Waals surface area contributed by atoms with E-state index < -0.39 is 5.60 Å². The first-order chi connectivity index (χ1) is 7.97. The van der Waals surface area contributed by atoms with Crippen LogP contribution in [0, 0.1) is 0 Å². The molecule has 2 heterocycles. The van der Waals surface area contributed by atoms with E-state index in [-0.39, 0.29) is 0 Å². The minimum Gasteiger partial charge on any atom is -0.384 e. The first kappa shape index (κ1) is 12.5. The van der Waals surface area contributed by atoms with Gasteiger partial charge < -0.3 is 14.7 Å². The van der Waals surface area contributed by atoms with Gasteiger partial charge in [-0.25, -0.2) is 9.97 Å². The smallest absolute Gasteiger partial charge is 0.227 e. The molecule has 1 saturated heterocycles. The molecule has 1 aromatic heterocycles. The summed E-state index contributed by atoms with van der Waals surface area (Å²) < 4.78 is 5.27. The second kappa shape index (κ2) is 4.76. The molecule has 0 aliphatic carbocycles. The molecule has 0 unspecified atom stereocenters. The fourth-order valence-electron chi connectivity index (χ4n) is 1.62. The number of aliphatic hydroxyl groups is 1. The van der Waals surface area contributed by atoms with Crippen LogP contribution in [0.25, 0.3) is 0 Å². The van der Waals surface area contributed by atoms with Crippen LogP contribution in [0.3, 0.4) is 0 Å². The molecule has 0 bridgehead atoms. The zero-order valence-corrected chi connectivity index (χ0v) is 10.7. The molecule has 6 heteroatoms. The number of ether oxygens (including phenoxy) is 1. The predicted octanol–water partition coefficient (Wildman–Crippen LogP) is 1.19. The Balaban J connectivity index is 2.31. The quantitative estimate of drug-likeness (QED) is 0.807. The van der Waals surface area contributed by atoms with Crippen molar-refractivity contribution >= 4 is 17.5 Å². The van der Waals surface area contributed by atoms with E-state index in [1.807, 2.05) is 4.90 Å². The Hall–Kier alpha value is -0.910. The van der Waals surface area contributed by atoms with E-state index in [9.17, 15) is 5.11 Å². The summed E-state index contributed by atoms with van der Waals surface area (Å²) in [7, 11) is 0. The van der Waals surface area contributed by atoms with Crippen LogP contribution < -0.4 is 4.90 Å². The molecule has 17 heavy (non-hydrogen) atoms. The van der Waals surface area contributed by atoms with Gasteiger partial charge in [-0.3, -0.25) is 0 Å². The van der Waals surface area contributed by atoms with Crippen LogP contribution in [0.1, 0.15) is 19.5 Å². The lowest BCUT2D eigenvalue weighted by atomic mass is 10.1. The highest BCUT2D eigenvalue weighted by atomic mass is 35.5. The van der Waals surface area contributed by atoms with Crippen molar-refractivity contribution in [2.75, 3.05) is 31.2 Å². The van der Waals surface area contributed by atoms with Crippen molar-refractivity contribution in [3.05, 3.63) is 16.9 Å². The Kier molecular flexibility index (Phi) is 3.51. The molecular formula is C11H16ClN3O2. The maximum Gasteiger partial charge on any atom is 0.227 e. The summed E-state index contributed by atoms with van der Waals surface area (Å²) in [5, 5.41) is 10.3. The summed E-state index contributed by atoms with van der Waals surface area (Å²) in [5.41, 5.74) is -0.493. The number of morpholine rings is 1. The second-order valence-electron chi connectivity index (χ2n) is 4.53. The third kappa shape index (κ3) is 3.06. The second-order valence-corrected chi connectivity index (χ2v) is 4.92. The van der Waals surface area contributed by atoms with Crippen molar-refractivity contribution in [3.8, 4) is 0 Å². The van der Waals surface area contributed by atoms with Gasteiger partial charge >= 0.3 is 0 Å². The zero-order valence-electron chi connectivity index (χ0n) is 9.98. The molecule has 5 nitrogen and oxygen atoms in total. The van der Waals surface area contributed by atoms with Gasteiger partial charge in [-0.15, -0.1) is 0 Å². The molecule has 2 rings (SSSR count). The van der Waals surface area contributed by atoms with E-state index in [1.165, 1.54) is 0 Å². The number of hydrogen-bond acceptors (Lipinski definition) is 5. The molecular weight excluding hydrogens is 242 g/mol. The largest absolute Gasteiger partial charge is 0.384 e. The minimum absolute atomic E-state index is 0.346. The standard InChI is InChI=1S/C11H16ClN3O2/c1-11(2,16)8-7-9(12)14-10(13-8)15-3-5-17-6-4-15/h7,16H,3-6H2,1-2H3. The fourth-order valence-corrected chi connectivity index (χ4v) is 1.80. The van der Waals surface area contributed by atoms with Gasteiger partial charge in [-0.1, -0.05) is 11.6 Å². The van der Waals surface area contributed by atoms with Crippen LogP contribution in [0.5, 0.6) is 0 Å². The van der Waals surface area contributed by atoms with Gasteiger partial charge in [-0.05, 0) is 13.8 Å². The Morgan fingerprint density at radius 2 is 2.00 bits per heavy atom. The number of aromatic nitrogens is 2. The Morgan fingerprint density at radius 1 is 1.35 bits per heavy atom. The maximum atomic E-state index is 9.94. The monoisotopic (exact) mass is 257 g/mol. The zero-order chi connectivity index (χ0) is 12.5. The lowest BCUT2D eigenvalue weighted by molar-refractivity contribution is 0.0736. The van der Waals surface area contributed by atoms with Crippen LogP contribution in [-0.2, 0) is 10.3 Å². The van der Waals surface area contributed by atoms with Gasteiger partial charge in [0.25, 0.3) is 0 Å². The van der Waals surface area contributed by atoms with Gasteiger partial charge in [0.15, 0.2) is 0 Å². The molecule has 0 saturated carbocycles. The van der Waals surface area contributed by atoms with E-state index in [2.05, 4.69) is 9.97 Å². The highest BCUT2D eigenvalue weighted by Crippen LogP contribution is 2.23. The number of rotatable bonds is 2. The van der Waals surface area contributed by atoms with Crippen molar-refractivity contribution < 1.29 is 9.84 Å². The summed E-state index contributed by atoms with van der Waals surface area (Å²) >= 11 is 5.96. The predicted molar refractivity (Wildman–Crippen MR) is 65.3 cm³/mol. The fraction of sp³-hybridized carbons (Fsp3) is 0.636. The topological polar surface area (TPSA) is 58.5 Å². The number of anilines is 1. The van der Waals surface area contributed by atoms with E-state index in [1.54, 1.807) is 19.9 Å². The van der Waals surface area contributed by atoms with Gasteiger partial charge in [-0.2, -0.15) is 0 Å². The van der Waals surface area contributed by atoms with E-state index >= 15 is 0 Å². The van der Waals surface area contributed by atoms with E-state index in [4.69, 9.17) is 16.3 Å². The van der Waals surface area contributed by atoms with E-state index in [0.29, 0.717) is 30.0 Å². The van der Waals surface area contributed by atoms with Crippen LogP contribution in [-0.4, -0.2) is 41.4 Å². The molecule has 1 fully saturated rings. The molecule has 1 N–H and O–H groups in total. The van der Waals surface area contributed by atoms with Crippen LogP contribution in [0.4, 0.5) is 5.95 Å². The van der Waals surface area contributed by atoms with Gasteiger partial charge in [0.2, 0.25) is 5.95 Å². The molecule has 0 amide bonds. The number of hydrogen-bond donors (Lipinski definition) is 1. The average molecular weight is 258 g/mol. The van der Waals surface area contributed by atoms with Crippen LogP contribution >= 0.6 is 11.6 Å². The lowest BCUT2D eigenvalue weighted by Crippen LogP contribution is -2.37. The summed E-state index contributed by atoms with van der Waals surface area (Å²) in [6.07, 6.45) is 0. The molecule has 0 aromatic carbocycles. The first-order valence-electron chi connectivity index (χ1n) is 5.57. The van der Waals surface area contributed by atoms with Crippen molar-refractivity contribution in [1.82, 2.24) is 9.97 Å². The Morgan fingerprint density at radius 3 is 2.59 bits per heavy atom. The molecule has 0 atom stereocenters. The number of halogens is 1. The van der Waals surface area contributed by atoms with Crippen molar-refractivity contribution in [2.24, 2.45) is 0 Å². The Labute approximate surface area is 105 Å². The average Bonchev–Trinajstić information content (AvgIpc) is 2.28. The van der Waals surface area contributed by atoms with Gasteiger partial charge in [0.1, 0.15) is 10.8 Å². The molecule has 1 aliphatic rings. The lowest BCUT2D eigenvalue weighted by Gasteiger charge is -2.28. The van der Waals surface area contributed by atoms with Crippen LogP contribution in [0.15, 0.2) is 6.07 Å². The normalized spacial score (nSPS) is 17.3. The number of nitrogens with zero attached hydrogens (tertiary/aromatic N) is 3. The van der Waals surface area contributed by atoms with Gasteiger partial charge in [0, 0.05) is 19.2 Å². The van der Waals surface area contributed by atoms with Crippen molar-refractivity contribution in [1.29, 1.82) is 0 Å². The van der Waals surface area contributed by atoms with Gasteiger partial charge in [0.05, 0.1) is 18.9 Å². The summed E-state index contributed by atoms with van der Waals surface area (Å²) in [6, 6.07) is 1.59. The van der Waals surface area contributed by atoms with Crippen LogP contribution in [0.2, 0.25) is 5.15 Å². The molecule has 1 aromatic rings. The van der Waals surface area contributed by atoms with E-state index in [0.717, 1.165) is 13.1 Å². The highest BCUT2D eigenvalue weighted by Gasteiger charge is 2.22. The molecule has 1 aliphatic heterocycles. The SMILES string of the molecule is CC(C)(O)c1cc(Cl)nc(N2CCOCC2)n1. The molecule has 0 spiro atoms. The molecule has 0 radical (unpaired) electrons. The molecule has 94 valence electrons. The minimum atomic E-state index is -1.02. The third-order valence-corrected chi connectivity index (χ3v) is 2.80. The summed E-state index contributed by atoms with van der Waals surface area (Å²) in [4.78, 5) is 10.5. The summed E-state index contributed by atoms with van der Waals surface area (Å²) in [6.45, 7) is 6.16. The first-order valence-corrected chi connectivity index (χ1v) is 5.95. The maximum absolute atomic E-state index is 9.94. The third-order valence-electron chi connectivity index (χ3n) is 2.60. The highest BCUT2D eigenvalue weighted by molar-refractivity contribution is 6.29.